The van der Waals surface area contributed by atoms with E-state index in [4.69, 9.17) is 21.7 Å². The molecule has 2 unspecified atom stereocenters. The van der Waals surface area contributed by atoms with Crippen molar-refractivity contribution in [1.82, 2.24) is 15.5 Å². The number of carbonyl (C=O) groups excluding carboxylic acids is 1. The average Bonchev–Trinajstić information content (AvgIpc) is 2.62. The van der Waals surface area contributed by atoms with E-state index in [1.807, 2.05) is 49.1 Å². The molecule has 0 saturated carbocycles. The number of alkyl carbamates (subject to hydrolysis) is 1. The van der Waals surface area contributed by atoms with E-state index in [-0.39, 0.29) is 6.04 Å². The lowest BCUT2D eigenvalue weighted by Crippen LogP contribution is -2.47. The summed E-state index contributed by atoms with van der Waals surface area (Å²) in [6.45, 7) is 7.18. The summed E-state index contributed by atoms with van der Waals surface area (Å²) in [7, 11) is 0. The summed E-state index contributed by atoms with van der Waals surface area (Å²) in [5.74, 6) is 0. The highest BCUT2D eigenvalue weighted by molar-refractivity contribution is 7.80. The Bertz CT molecular complexity index is 535. The average molecular weight is 351 g/mol. The van der Waals surface area contributed by atoms with Gasteiger partial charge in [0, 0.05) is 37.8 Å². The molecule has 0 aromatic heterocycles. The number of nitrogens with one attached hydrogen (secondary N) is 2. The molecule has 2 N–H and O–H groups in total. The minimum Gasteiger partial charge on any atom is -0.426 e. The molecule has 2 atom stereocenters. The molecule has 0 aliphatic carbocycles. The van der Waals surface area contributed by atoms with Crippen molar-refractivity contribution in [1.29, 1.82) is 0 Å². The molecule has 1 amide bonds. The van der Waals surface area contributed by atoms with Crippen LogP contribution in [-0.4, -0.2) is 48.4 Å². The van der Waals surface area contributed by atoms with Crippen LogP contribution >= 0.6 is 12.2 Å². The number of ether oxygens (including phenoxy) is 2. The summed E-state index contributed by atoms with van der Waals surface area (Å²) in [5.41, 5.74) is 0.745. The maximum atomic E-state index is 12.1. The van der Waals surface area contributed by atoms with Crippen LogP contribution in [0.1, 0.15) is 32.1 Å². The molecule has 132 valence electrons. The van der Waals surface area contributed by atoms with Crippen LogP contribution in [0.4, 0.5) is 4.79 Å². The first-order valence-electron chi connectivity index (χ1n) is 8.28. The third kappa shape index (κ3) is 5.65. The Hall–Kier alpha value is -1.86. The highest BCUT2D eigenvalue weighted by Gasteiger charge is 2.23. The van der Waals surface area contributed by atoms with Crippen molar-refractivity contribution >= 4 is 23.5 Å². The lowest BCUT2D eigenvalue weighted by atomic mass is 10.2. The topological polar surface area (TPSA) is 62.8 Å². The van der Waals surface area contributed by atoms with Gasteiger partial charge in [0.2, 0.25) is 0 Å². The van der Waals surface area contributed by atoms with Crippen LogP contribution in [0.15, 0.2) is 30.3 Å². The molecular weight excluding hydrogens is 326 g/mol. The third-order valence-electron chi connectivity index (χ3n) is 3.85. The normalized spacial score (nSPS) is 16.8. The van der Waals surface area contributed by atoms with Crippen LogP contribution in [0, 0.1) is 0 Å². The van der Waals surface area contributed by atoms with E-state index in [0.29, 0.717) is 5.17 Å². The van der Waals surface area contributed by atoms with Crippen LogP contribution < -0.4 is 10.6 Å². The van der Waals surface area contributed by atoms with E-state index in [0.717, 1.165) is 38.2 Å². The minimum absolute atomic E-state index is 0.0362. The van der Waals surface area contributed by atoms with Gasteiger partial charge in [-0.15, -0.1) is 0 Å². The number of hydrogen-bond donors (Lipinski definition) is 2. The molecule has 1 fully saturated rings. The van der Waals surface area contributed by atoms with Crippen LogP contribution in [0.25, 0.3) is 0 Å². The van der Waals surface area contributed by atoms with Crippen molar-refractivity contribution in [2.24, 2.45) is 0 Å². The smallest absolute Gasteiger partial charge is 0.410 e. The Kier molecular flexibility index (Phi) is 7.27. The monoisotopic (exact) mass is 351 g/mol. The van der Waals surface area contributed by atoms with Crippen molar-refractivity contribution in [3.63, 3.8) is 0 Å². The van der Waals surface area contributed by atoms with E-state index in [1.165, 1.54) is 0 Å². The Labute approximate surface area is 148 Å². The molecule has 1 heterocycles. The van der Waals surface area contributed by atoms with Gasteiger partial charge in [0.1, 0.15) is 0 Å². The Morgan fingerprint density at radius 1 is 1.29 bits per heavy atom. The van der Waals surface area contributed by atoms with Gasteiger partial charge in [0.05, 0.1) is 0 Å². The lowest BCUT2D eigenvalue weighted by Gasteiger charge is -2.31. The Morgan fingerprint density at radius 2 is 1.96 bits per heavy atom. The zero-order chi connectivity index (χ0) is 17.4. The molecule has 6 nitrogen and oxygen atoms in total. The lowest BCUT2D eigenvalue weighted by molar-refractivity contribution is -0.0517. The van der Waals surface area contributed by atoms with Gasteiger partial charge in [-0.3, -0.25) is 0 Å². The number of carbonyl (C=O) groups is 1. The maximum Gasteiger partial charge on any atom is 0.410 e. The molecule has 0 bridgehead atoms. The summed E-state index contributed by atoms with van der Waals surface area (Å²) in [6, 6.07) is 9.37. The van der Waals surface area contributed by atoms with Crippen LogP contribution in [-0.2, 0) is 9.47 Å². The van der Waals surface area contributed by atoms with Gasteiger partial charge in [-0.1, -0.05) is 37.3 Å². The quantitative estimate of drug-likeness (QED) is 0.627. The van der Waals surface area contributed by atoms with Crippen molar-refractivity contribution in [3.05, 3.63) is 35.9 Å². The third-order valence-corrected chi connectivity index (χ3v) is 4.20. The van der Waals surface area contributed by atoms with Crippen molar-refractivity contribution in [3.8, 4) is 0 Å². The maximum absolute atomic E-state index is 12.1. The minimum atomic E-state index is -0.863. The molecule has 1 aliphatic heterocycles. The Balaban J connectivity index is 2.02. The second-order valence-corrected chi connectivity index (χ2v) is 6.07. The van der Waals surface area contributed by atoms with Gasteiger partial charge in [-0.05, 0) is 25.6 Å². The molecule has 24 heavy (non-hydrogen) atoms. The van der Waals surface area contributed by atoms with Gasteiger partial charge in [0.15, 0.2) is 0 Å². The number of nitrogens with zero attached hydrogens (tertiary/aromatic N) is 1. The van der Waals surface area contributed by atoms with Gasteiger partial charge in [-0.25, -0.2) is 4.79 Å². The fourth-order valence-corrected chi connectivity index (χ4v) is 2.49. The zero-order valence-corrected chi connectivity index (χ0v) is 15.0. The molecule has 7 heteroatoms. The van der Waals surface area contributed by atoms with Crippen molar-refractivity contribution in [2.75, 3.05) is 26.2 Å². The van der Waals surface area contributed by atoms with E-state index in [2.05, 4.69) is 10.6 Å². The van der Waals surface area contributed by atoms with E-state index >= 15 is 0 Å². The second-order valence-electron chi connectivity index (χ2n) is 5.72. The second kappa shape index (κ2) is 9.44. The highest BCUT2D eigenvalue weighted by atomic mass is 32.1. The first-order valence-corrected chi connectivity index (χ1v) is 8.69. The largest absolute Gasteiger partial charge is 0.426 e. The van der Waals surface area contributed by atoms with Gasteiger partial charge >= 0.3 is 6.09 Å². The number of hydrogen-bond acceptors (Lipinski definition) is 5. The summed E-state index contributed by atoms with van der Waals surface area (Å²) in [6.07, 6.45) is -0.551. The molecule has 1 aromatic carbocycles. The fourth-order valence-electron chi connectivity index (χ4n) is 2.22. The zero-order valence-electron chi connectivity index (χ0n) is 14.2. The number of thiocarbonyl (C=S) groups is 1. The fraction of sp³-hybridized carbons (Fsp3) is 0.529. The molecule has 0 spiro atoms. The Morgan fingerprint density at radius 3 is 2.58 bits per heavy atom. The van der Waals surface area contributed by atoms with Crippen LogP contribution in [0.3, 0.4) is 0 Å². The first-order chi connectivity index (χ1) is 11.6. The van der Waals surface area contributed by atoms with E-state index < -0.39 is 12.4 Å². The summed E-state index contributed by atoms with van der Waals surface area (Å²) < 4.78 is 11.3. The highest BCUT2D eigenvalue weighted by Crippen LogP contribution is 2.20. The SMILES string of the molecule is CCC(C)NC(=O)OC(OC(=S)N1CCNCC1)c1ccccc1. The van der Waals surface area contributed by atoms with Crippen molar-refractivity contribution < 1.29 is 14.3 Å². The number of rotatable bonds is 5. The van der Waals surface area contributed by atoms with Gasteiger partial charge < -0.3 is 25.0 Å². The molecule has 1 aliphatic rings. The number of amides is 1. The first kappa shape index (κ1) is 18.5. The molecular formula is C17H25N3O3S. The van der Waals surface area contributed by atoms with Gasteiger partial charge in [0.25, 0.3) is 11.5 Å². The van der Waals surface area contributed by atoms with Crippen LogP contribution in [0.5, 0.6) is 0 Å². The molecule has 0 radical (unpaired) electrons. The van der Waals surface area contributed by atoms with E-state index in [1.54, 1.807) is 0 Å². The van der Waals surface area contributed by atoms with Crippen molar-refractivity contribution in [2.45, 2.75) is 32.6 Å². The van der Waals surface area contributed by atoms with Crippen LogP contribution in [0.2, 0.25) is 0 Å². The molecule has 1 aromatic rings. The summed E-state index contributed by atoms with van der Waals surface area (Å²) in [5, 5.41) is 6.39. The molecule has 2 rings (SSSR count). The predicted molar refractivity (Wildman–Crippen MR) is 96.7 cm³/mol. The van der Waals surface area contributed by atoms with Gasteiger partial charge in [-0.2, -0.15) is 0 Å². The number of benzene rings is 1. The summed E-state index contributed by atoms with van der Waals surface area (Å²) in [4.78, 5) is 14.0. The van der Waals surface area contributed by atoms with E-state index in [9.17, 15) is 4.79 Å². The molecule has 1 saturated heterocycles. The summed E-state index contributed by atoms with van der Waals surface area (Å²) >= 11 is 5.38. The number of piperazine rings is 1. The predicted octanol–water partition coefficient (Wildman–Crippen LogP) is 2.42. The standard InChI is InChI=1S/C17H25N3O3S/c1-3-13(2)19-16(21)22-15(14-7-5-4-6-8-14)23-17(24)20-11-9-18-10-12-20/h4-8,13,15,18H,3,9-12H2,1-2H3,(H,19,21).